The largest absolute Gasteiger partial charge is 0.454 e. The highest BCUT2D eigenvalue weighted by Crippen LogP contribution is 2.32. The van der Waals surface area contributed by atoms with Crippen molar-refractivity contribution in [2.45, 2.75) is 20.4 Å². The standard InChI is InChI=1S/C20H20N4O2/c1-13-5-14(2)7-16(6-13)24-20-9-19(22-11-23-20)21-10-15-3-4-17-18(8-15)26-12-25-17/h3-9,11H,10,12H2,1-2H3,(H2,21,22,23,24). The molecule has 4 rings (SSSR count). The molecule has 0 saturated carbocycles. The van der Waals surface area contributed by atoms with Crippen LogP contribution in [0, 0.1) is 13.8 Å². The Kier molecular flexibility index (Phi) is 4.31. The van der Waals surface area contributed by atoms with Crippen molar-refractivity contribution in [1.82, 2.24) is 9.97 Å². The Bertz CT molecular complexity index is 923. The summed E-state index contributed by atoms with van der Waals surface area (Å²) in [7, 11) is 0. The maximum absolute atomic E-state index is 5.41. The van der Waals surface area contributed by atoms with E-state index in [0.29, 0.717) is 6.54 Å². The van der Waals surface area contributed by atoms with Gasteiger partial charge in [-0.2, -0.15) is 0 Å². The van der Waals surface area contributed by atoms with Crippen molar-refractivity contribution in [3.05, 3.63) is 65.5 Å². The number of nitrogens with zero attached hydrogens (tertiary/aromatic N) is 2. The summed E-state index contributed by atoms with van der Waals surface area (Å²) in [5, 5.41) is 6.64. The Labute approximate surface area is 152 Å². The molecular weight excluding hydrogens is 328 g/mol. The molecular formula is C20H20N4O2. The van der Waals surface area contributed by atoms with Crippen molar-refractivity contribution < 1.29 is 9.47 Å². The number of ether oxygens (including phenoxy) is 2. The lowest BCUT2D eigenvalue weighted by Gasteiger charge is -2.10. The molecule has 1 aliphatic heterocycles. The molecule has 6 nitrogen and oxygen atoms in total. The summed E-state index contributed by atoms with van der Waals surface area (Å²) < 4.78 is 10.7. The van der Waals surface area contributed by atoms with E-state index in [0.717, 1.165) is 34.4 Å². The Morgan fingerprint density at radius 3 is 2.50 bits per heavy atom. The Hall–Kier alpha value is -3.28. The molecule has 0 aliphatic carbocycles. The van der Waals surface area contributed by atoms with Crippen molar-refractivity contribution in [1.29, 1.82) is 0 Å². The van der Waals surface area contributed by atoms with Crippen LogP contribution in [0.5, 0.6) is 11.5 Å². The molecule has 2 aromatic carbocycles. The zero-order valence-corrected chi connectivity index (χ0v) is 14.7. The average molecular weight is 348 g/mol. The Morgan fingerprint density at radius 1 is 0.885 bits per heavy atom. The van der Waals surface area contributed by atoms with Crippen LogP contribution in [0.1, 0.15) is 16.7 Å². The topological polar surface area (TPSA) is 68.3 Å². The summed E-state index contributed by atoms with van der Waals surface area (Å²) >= 11 is 0. The molecule has 2 heterocycles. The van der Waals surface area contributed by atoms with Gasteiger partial charge in [0, 0.05) is 18.3 Å². The summed E-state index contributed by atoms with van der Waals surface area (Å²) in [6.07, 6.45) is 1.55. The van der Waals surface area contributed by atoms with E-state index in [-0.39, 0.29) is 6.79 Å². The van der Waals surface area contributed by atoms with Gasteiger partial charge in [0.25, 0.3) is 0 Å². The van der Waals surface area contributed by atoms with E-state index in [1.54, 1.807) is 6.33 Å². The Morgan fingerprint density at radius 2 is 1.65 bits per heavy atom. The number of aromatic nitrogens is 2. The van der Waals surface area contributed by atoms with Gasteiger partial charge in [0.1, 0.15) is 18.0 Å². The number of hydrogen-bond donors (Lipinski definition) is 2. The van der Waals surface area contributed by atoms with Crippen molar-refractivity contribution >= 4 is 17.3 Å². The lowest BCUT2D eigenvalue weighted by atomic mass is 10.1. The van der Waals surface area contributed by atoms with Gasteiger partial charge in [0.05, 0.1) is 0 Å². The number of hydrogen-bond acceptors (Lipinski definition) is 6. The maximum atomic E-state index is 5.41. The predicted molar refractivity (Wildman–Crippen MR) is 101 cm³/mol. The average Bonchev–Trinajstić information content (AvgIpc) is 3.07. The quantitative estimate of drug-likeness (QED) is 0.721. The molecule has 3 aromatic rings. The lowest BCUT2D eigenvalue weighted by Crippen LogP contribution is -2.03. The highest BCUT2D eigenvalue weighted by molar-refractivity contribution is 5.60. The van der Waals surface area contributed by atoms with Gasteiger partial charge in [-0.25, -0.2) is 9.97 Å². The number of nitrogens with one attached hydrogen (secondary N) is 2. The van der Waals surface area contributed by atoms with Crippen LogP contribution in [-0.2, 0) is 6.54 Å². The molecule has 0 amide bonds. The summed E-state index contributed by atoms with van der Waals surface area (Å²) in [5.74, 6) is 3.07. The van der Waals surface area contributed by atoms with Crippen LogP contribution in [0.25, 0.3) is 0 Å². The second-order valence-corrected chi connectivity index (χ2v) is 6.33. The van der Waals surface area contributed by atoms with E-state index >= 15 is 0 Å². The lowest BCUT2D eigenvalue weighted by molar-refractivity contribution is 0.174. The van der Waals surface area contributed by atoms with Gasteiger partial charge in [-0.15, -0.1) is 0 Å². The minimum atomic E-state index is 0.283. The third-order valence-electron chi connectivity index (χ3n) is 4.07. The number of aryl methyl sites for hydroxylation is 2. The first-order valence-corrected chi connectivity index (χ1v) is 8.45. The highest BCUT2D eigenvalue weighted by atomic mass is 16.7. The van der Waals surface area contributed by atoms with E-state index in [2.05, 4.69) is 52.6 Å². The summed E-state index contributed by atoms with van der Waals surface area (Å²) in [4.78, 5) is 8.58. The predicted octanol–water partition coefficient (Wildman–Crippen LogP) is 4.18. The normalized spacial score (nSPS) is 12.1. The molecule has 0 saturated heterocycles. The fraction of sp³-hybridized carbons (Fsp3) is 0.200. The van der Waals surface area contributed by atoms with E-state index in [4.69, 9.17) is 9.47 Å². The summed E-state index contributed by atoms with van der Waals surface area (Å²) in [6, 6.07) is 14.1. The second kappa shape index (κ2) is 6.92. The SMILES string of the molecule is Cc1cc(C)cc(Nc2cc(NCc3ccc4c(c3)OCO4)ncn2)c1. The molecule has 2 N–H and O–H groups in total. The minimum absolute atomic E-state index is 0.283. The fourth-order valence-corrected chi connectivity index (χ4v) is 2.96. The molecule has 0 atom stereocenters. The minimum Gasteiger partial charge on any atom is -0.454 e. The molecule has 6 heteroatoms. The van der Waals surface area contributed by atoms with Crippen LogP contribution >= 0.6 is 0 Å². The van der Waals surface area contributed by atoms with Crippen LogP contribution in [0.3, 0.4) is 0 Å². The third-order valence-corrected chi connectivity index (χ3v) is 4.07. The maximum Gasteiger partial charge on any atom is 0.231 e. The zero-order valence-electron chi connectivity index (χ0n) is 14.7. The first-order chi connectivity index (χ1) is 12.7. The number of anilines is 3. The van der Waals surface area contributed by atoms with Gasteiger partial charge >= 0.3 is 0 Å². The second-order valence-electron chi connectivity index (χ2n) is 6.33. The van der Waals surface area contributed by atoms with E-state index in [9.17, 15) is 0 Å². The van der Waals surface area contributed by atoms with Gasteiger partial charge in [0.15, 0.2) is 11.5 Å². The monoisotopic (exact) mass is 348 g/mol. The number of benzene rings is 2. The van der Waals surface area contributed by atoms with Gasteiger partial charge < -0.3 is 20.1 Å². The van der Waals surface area contributed by atoms with E-state index < -0.39 is 0 Å². The van der Waals surface area contributed by atoms with Crippen molar-refractivity contribution in [3.8, 4) is 11.5 Å². The Balaban J connectivity index is 1.44. The summed E-state index contributed by atoms with van der Waals surface area (Å²) in [6.45, 7) is 5.08. The number of fused-ring (bicyclic) bond motifs is 1. The molecule has 0 fully saturated rings. The molecule has 1 aliphatic rings. The zero-order chi connectivity index (χ0) is 17.9. The first-order valence-electron chi connectivity index (χ1n) is 8.45. The van der Waals surface area contributed by atoms with Crippen LogP contribution in [0.2, 0.25) is 0 Å². The van der Waals surface area contributed by atoms with Crippen LogP contribution in [0.15, 0.2) is 48.8 Å². The van der Waals surface area contributed by atoms with Gasteiger partial charge in [0.2, 0.25) is 6.79 Å². The van der Waals surface area contributed by atoms with E-state index in [1.165, 1.54) is 11.1 Å². The molecule has 132 valence electrons. The highest BCUT2D eigenvalue weighted by Gasteiger charge is 2.13. The van der Waals surface area contributed by atoms with Crippen molar-refractivity contribution in [3.63, 3.8) is 0 Å². The van der Waals surface area contributed by atoms with Crippen LogP contribution < -0.4 is 20.1 Å². The van der Waals surface area contributed by atoms with Crippen LogP contribution in [-0.4, -0.2) is 16.8 Å². The third kappa shape index (κ3) is 3.69. The summed E-state index contributed by atoms with van der Waals surface area (Å²) in [5.41, 5.74) is 4.53. The molecule has 0 unspecified atom stereocenters. The number of rotatable bonds is 5. The van der Waals surface area contributed by atoms with Crippen molar-refractivity contribution in [2.24, 2.45) is 0 Å². The van der Waals surface area contributed by atoms with Gasteiger partial charge in [-0.3, -0.25) is 0 Å². The van der Waals surface area contributed by atoms with Crippen LogP contribution in [0.4, 0.5) is 17.3 Å². The molecule has 1 aromatic heterocycles. The molecule has 0 spiro atoms. The smallest absolute Gasteiger partial charge is 0.231 e. The van der Waals surface area contributed by atoms with Gasteiger partial charge in [-0.1, -0.05) is 12.1 Å². The molecule has 26 heavy (non-hydrogen) atoms. The fourth-order valence-electron chi connectivity index (χ4n) is 2.96. The molecule has 0 bridgehead atoms. The van der Waals surface area contributed by atoms with Gasteiger partial charge in [-0.05, 0) is 54.8 Å². The van der Waals surface area contributed by atoms with E-state index in [1.807, 2.05) is 24.3 Å². The molecule has 0 radical (unpaired) electrons. The first kappa shape index (κ1) is 16.2. The van der Waals surface area contributed by atoms with Crippen molar-refractivity contribution in [2.75, 3.05) is 17.4 Å².